The fraction of sp³-hybridized carbons (Fsp3) is 0.432. The molecule has 2 aromatic rings. The molecule has 3 amide bonds. The lowest BCUT2D eigenvalue weighted by molar-refractivity contribution is -0.145. The minimum Gasteiger partial charge on any atom is -0.508 e. The number of hydrogen-bond donors (Lipinski definition) is 6. The number of unbranched alkanes of at least 4 members (excludes halogenated alkanes) is 2. The van der Waals surface area contributed by atoms with E-state index >= 15 is 0 Å². The number of carbonyl (C=O) groups excluding carboxylic acids is 4. The van der Waals surface area contributed by atoms with Crippen molar-refractivity contribution in [2.45, 2.75) is 88.3 Å². The number of nitrogens with one attached hydrogen (secondary N) is 3. The number of anilines is 1. The number of nitrogens with zero attached hydrogens (tertiary/aromatic N) is 1. The van der Waals surface area contributed by atoms with Crippen LogP contribution in [-0.2, 0) is 28.7 Å². The van der Waals surface area contributed by atoms with Gasteiger partial charge in [0.25, 0.3) is 11.8 Å². The van der Waals surface area contributed by atoms with Crippen LogP contribution in [0.5, 0.6) is 5.75 Å². The third-order valence-electron chi connectivity index (χ3n) is 8.80. The summed E-state index contributed by atoms with van der Waals surface area (Å²) in [5.74, 6) is -3.65. The number of benzene rings is 2. The van der Waals surface area contributed by atoms with Crippen molar-refractivity contribution >= 4 is 58.9 Å². The molecule has 0 fully saturated rings. The number of ether oxygens (including phenoxy) is 1. The van der Waals surface area contributed by atoms with E-state index in [1.165, 1.54) is 59.8 Å². The molecule has 0 saturated heterocycles. The summed E-state index contributed by atoms with van der Waals surface area (Å²) in [6.45, 7) is 4.72. The Kier molecular flexibility index (Phi) is 14.4. The van der Waals surface area contributed by atoms with E-state index < -0.39 is 53.4 Å². The van der Waals surface area contributed by atoms with Crippen molar-refractivity contribution in [2.24, 2.45) is 0 Å². The van der Waals surface area contributed by atoms with Gasteiger partial charge in [-0.25, -0.2) is 9.52 Å². The number of amides is 3. The first-order valence-electron chi connectivity index (χ1n) is 17.2. The summed E-state index contributed by atoms with van der Waals surface area (Å²) in [5, 5.41) is 33.0. The van der Waals surface area contributed by atoms with Crippen molar-refractivity contribution in [3.63, 3.8) is 0 Å². The average molecular weight is 755 g/mol. The SMILES string of the molecule is CCCCC1(CCCC)NSC2=C(C(=O)C(SC)C(OCC(=O)NC(C(=O)N[C@@H](C(=O)O)[C@@H](C)O)c3ccc(O)cc3)=C2)N(c2ccccc2)C1=O. The fourth-order valence-corrected chi connectivity index (χ4v) is 7.72. The van der Waals surface area contributed by atoms with Crippen molar-refractivity contribution in [2.75, 3.05) is 17.8 Å². The predicted molar refractivity (Wildman–Crippen MR) is 200 cm³/mol. The van der Waals surface area contributed by atoms with Crippen LogP contribution in [0.25, 0.3) is 0 Å². The van der Waals surface area contributed by atoms with Gasteiger partial charge in [-0.15, -0.1) is 11.8 Å². The van der Waals surface area contributed by atoms with Gasteiger partial charge in [0.1, 0.15) is 34.0 Å². The highest BCUT2D eigenvalue weighted by Crippen LogP contribution is 2.43. The molecular formula is C37H46N4O9S2. The van der Waals surface area contributed by atoms with Gasteiger partial charge >= 0.3 is 5.97 Å². The van der Waals surface area contributed by atoms with E-state index in [-0.39, 0.29) is 34.5 Å². The number of allylic oxidation sites excluding steroid dienone is 2. The summed E-state index contributed by atoms with van der Waals surface area (Å²) in [5.41, 5.74) is 0.0648. The zero-order chi connectivity index (χ0) is 38.0. The third kappa shape index (κ3) is 9.37. The number of aromatic hydroxyl groups is 1. The van der Waals surface area contributed by atoms with Crippen LogP contribution >= 0.6 is 23.7 Å². The summed E-state index contributed by atoms with van der Waals surface area (Å²) in [6.07, 6.45) is 6.47. The molecule has 6 N–H and O–H groups in total. The molecule has 0 saturated carbocycles. The Bertz CT molecular complexity index is 1670. The monoisotopic (exact) mass is 754 g/mol. The fourth-order valence-electron chi connectivity index (χ4n) is 5.96. The molecule has 4 rings (SSSR count). The summed E-state index contributed by atoms with van der Waals surface area (Å²) in [7, 11) is 0. The molecule has 0 aromatic heterocycles. The van der Waals surface area contributed by atoms with Crippen molar-refractivity contribution in [3.8, 4) is 5.75 Å². The van der Waals surface area contributed by atoms with Crippen molar-refractivity contribution < 1.29 is 44.0 Å². The normalized spacial score (nSPS) is 18.8. The first-order valence-corrected chi connectivity index (χ1v) is 19.3. The Labute approximate surface area is 311 Å². The van der Waals surface area contributed by atoms with Crippen LogP contribution in [0.3, 0.4) is 0 Å². The standard InChI is InChI=1S/C37H46N4O9S2/c1-5-7-18-37(19-8-6-2)36(49)41(24-12-10-9-11-13-24)31-27(52-40-37)20-26(33(51-4)32(31)45)50-21-28(44)38-30(23-14-16-25(43)17-15-23)34(46)39-29(22(3)42)35(47)48/h9-17,20,22,29-30,33,40,42-43H,5-8,18-19,21H2,1-4H3,(H,38,44)(H,39,46)(H,47,48)/t22-,29-,30?,33?/m1/s1. The summed E-state index contributed by atoms with van der Waals surface area (Å²) >= 11 is 2.38. The molecule has 2 aromatic carbocycles. The lowest BCUT2D eigenvalue weighted by Crippen LogP contribution is -2.55. The molecule has 280 valence electrons. The highest BCUT2D eigenvalue weighted by molar-refractivity contribution is 8.01. The van der Waals surface area contributed by atoms with Gasteiger partial charge in [-0.1, -0.05) is 69.9 Å². The molecule has 13 nitrogen and oxygen atoms in total. The number of rotatable bonds is 17. The molecule has 0 radical (unpaired) electrons. The summed E-state index contributed by atoms with van der Waals surface area (Å²) < 4.78 is 9.43. The van der Waals surface area contributed by atoms with Crippen LogP contribution in [0.15, 0.2) is 77.0 Å². The maximum absolute atomic E-state index is 14.7. The second kappa shape index (κ2) is 18.4. The smallest absolute Gasteiger partial charge is 0.328 e. The number of Topliss-reactive ketones (excluding diaryl/α,β-unsaturated/α-hetero) is 1. The molecule has 15 heteroatoms. The van der Waals surface area contributed by atoms with E-state index in [9.17, 15) is 39.3 Å². The third-order valence-corrected chi connectivity index (χ3v) is 10.7. The predicted octanol–water partition coefficient (Wildman–Crippen LogP) is 4.33. The second-order valence-electron chi connectivity index (χ2n) is 12.7. The van der Waals surface area contributed by atoms with Gasteiger partial charge in [0.05, 0.1) is 11.0 Å². The molecule has 1 heterocycles. The van der Waals surface area contributed by atoms with Crippen LogP contribution in [0.1, 0.15) is 70.9 Å². The van der Waals surface area contributed by atoms with Crippen molar-refractivity contribution in [1.82, 2.24) is 15.4 Å². The maximum Gasteiger partial charge on any atom is 0.328 e. The number of phenols is 1. The Hall–Kier alpha value is -4.31. The van der Waals surface area contributed by atoms with Gasteiger partial charge in [0.2, 0.25) is 11.7 Å². The number of phenolic OH excluding ortho intramolecular Hbond substituents is 1. The van der Waals surface area contributed by atoms with Gasteiger partial charge in [0.15, 0.2) is 12.6 Å². The summed E-state index contributed by atoms with van der Waals surface area (Å²) in [6, 6.07) is 11.4. The van der Waals surface area contributed by atoms with Gasteiger partial charge in [-0.3, -0.25) is 24.1 Å². The molecule has 0 spiro atoms. The Morgan fingerprint density at radius 1 is 1.02 bits per heavy atom. The van der Waals surface area contributed by atoms with E-state index in [1.807, 2.05) is 18.2 Å². The van der Waals surface area contributed by atoms with Gasteiger partial charge in [-0.05, 0) is 73.9 Å². The number of carbonyl (C=O) groups is 5. The lowest BCUT2D eigenvalue weighted by atomic mass is 9.86. The maximum atomic E-state index is 14.7. The van der Waals surface area contributed by atoms with Crippen LogP contribution in [0.4, 0.5) is 5.69 Å². The number of aliphatic hydroxyl groups is 1. The van der Waals surface area contributed by atoms with E-state index in [0.717, 1.165) is 25.7 Å². The molecule has 1 aliphatic carbocycles. The van der Waals surface area contributed by atoms with Gasteiger partial charge < -0.3 is 30.7 Å². The van der Waals surface area contributed by atoms with Crippen LogP contribution < -0.4 is 20.3 Å². The van der Waals surface area contributed by atoms with Crippen molar-refractivity contribution in [1.29, 1.82) is 0 Å². The summed E-state index contributed by atoms with van der Waals surface area (Å²) in [4.78, 5) is 69.3. The van der Waals surface area contributed by atoms with E-state index in [2.05, 4.69) is 29.2 Å². The highest BCUT2D eigenvalue weighted by atomic mass is 32.2. The molecular weight excluding hydrogens is 709 g/mol. The van der Waals surface area contributed by atoms with E-state index in [1.54, 1.807) is 24.5 Å². The van der Waals surface area contributed by atoms with Gasteiger partial charge in [0, 0.05) is 5.69 Å². The Morgan fingerprint density at radius 3 is 2.21 bits per heavy atom. The molecule has 4 atom stereocenters. The minimum absolute atomic E-state index is 0.0954. The average Bonchev–Trinajstić information content (AvgIpc) is 3.24. The minimum atomic E-state index is -1.65. The van der Waals surface area contributed by atoms with E-state index in [0.29, 0.717) is 23.4 Å². The number of aliphatic carboxylic acids is 1. The molecule has 52 heavy (non-hydrogen) atoms. The quantitative estimate of drug-likeness (QED) is 0.125. The zero-order valence-corrected chi connectivity index (χ0v) is 31.2. The van der Waals surface area contributed by atoms with Crippen LogP contribution in [0, 0.1) is 0 Å². The topological polar surface area (TPSA) is 195 Å². The number of thioether (sulfide) groups is 1. The second-order valence-corrected chi connectivity index (χ2v) is 14.4. The molecule has 2 unspecified atom stereocenters. The van der Waals surface area contributed by atoms with Crippen LogP contribution in [0.2, 0.25) is 0 Å². The van der Waals surface area contributed by atoms with Crippen molar-refractivity contribution in [3.05, 3.63) is 82.6 Å². The Morgan fingerprint density at radius 2 is 1.65 bits per heavy atom. The van der Waals surface area contributed by atoms with E-state index in [4.69, 9.17) is 4.74 Å². The lowest BCUT2D eigenvalue weighted by Gasteiger charge is -2.36. The number of carboxylic acids is 1. The van der Waals surface area contributed by atoms with Crippen LogP contribution in [-0.4, -0.2) is 80.6 Å². The first-order chi connectivity index (χ1) is 24.9. The molecule has 0 bridgehead atoms. The first kappa shape index (κ1) is 40.5. The Balaban J connectivity index is 1.65. The zero-order valence-electron chi connectivity index (χ0n) is 29.6. The number of aliphatic hydroxyl groups excluding tert-OH is 1. The number of hydrogen-bond acceptors (Lipinski definition) is 11. The molecule has 2 aliphatic rings. The largest absolute Gasteiger partial charge is 0.508 e. The number of para-hydroxylation sites is 1. The van der Waals surface area contributed by atoms with Gasteiger partial charge in [-0.2, -0.15) is 0 Å². The molecule has 1 aliphatic heterocycles. The highest BCUT2D eigenvalue weighted by Gasteiger charge is 2.48. The number of carboxylic acid groups (broad SMARTS) is 1. The number of ketones is 1.